The van der Waals surface area contributed by atoms with E-state index in [9.17, 15) is 4.79 Å². The predicted octanol–water partition coefficient (Wildman–Crippen LogP) is 2.73. The molecule has 32 heavy (non-hydrogen) atoms. The lowest BCUT2D eigenvalue weighted by Gasteiger charge is -2.26. The predicted molar refractivity (Wildman–Crippen MR) is 128 cm³/mol. The van der Waals surface area contributed by atoms with Gasteiger partial charge in [0.2, 0.25) is 0 Å². The number of nitrogens with one attached hydrogen (secondary N) is 2. The number of aromatic nitrogens is 4. The Balaban J connectivity index is 1.41. The number of hydrogen-bond donors (Lipinski definition) is 2. The number of morpholine rings is 1. The molecule has 0 atom stereocenters. The molecule has 168 valence electrons. The van der Waals surface area contributed by atoms with Crippen molar-refractivity contribution in [2.75, 3.05) is 44.7 Å². The first-order valence-corrected chi connectivity index (χ1v) is 11.2. The molecule has 1 fully saturated rings. The molecule has 0 aromatic carbocycles. The Bertz CT molecular complexity index is 1090. The van der Waals surface area contributed by atoms with Crippen molar-refractivity contribution in [3.63, 3.8) is 0 Å². The third kappa shape index (κ3) is 5.84. The fraction of sp³-hybridized carbons (Fsp3) is 0.409. The zero-order valence-corrected chi connectivity index (χ0v) is 18.9. The molecule has 9 nitrogen and oxygen atoms in total. The number of ether oxygens (including phenoxy) is 1. The van der Waals surface area contributed by atoms with E-state index in [2.05, 4.69) is 30.6 Å². The summed E-state index contributed by atoms with van der Waals surface area (Å²) in [6.45, 7) is 7.63. The van der Waals surface area contributed by atoms with Crippen LogP contribution in [0, 0.1) is 0 Å². The Kier molecular flexibility index (Phi) is 7.35. The fourth-order valence-corrected chi connectivity index (χ4v) is 3.47. The van der Waals surface area contributed by atoms with Crippen LogP contribution in [-0.4, -0.2) is 74.9 Å². The van der Waals surface area contributed by atoms with Crippen LogP contribution in [0.25, 0.3) is 22.2 Å². The van der Waals surface area contributed by atoms with Crippen molar-refractivity contribution < 1.29 is 9.53 Å². The largest absolute Gasteiger partial charge is 0.379 e. The minimum Gasteiger partial charge on any atom is -0.379 e. The third-order valence-corrected chi connectivity index (χ3v) is 5.77. The molecule has 3 aromatic rings. The van der Waals surface area contributed by atoms with Crippen LogP contribution in [0.15, 0.2) is 36.8 Å². The molecule has 4 rings (SSSR count). The van der Waals surface area contributed by atoms with Gasteiger partial charge in [-0.05, 0) is 24.6 Å². The van der Waals surface area contributed by atoms with Gasteiger partial charge >= 0.3 is 6.03 Å². The molecule has 1 saturated heterocycles. The van der Waals surface area contributed by atoms with Crippen LogP contribution >= 0.6 is 12.2 Å². The highest BCUT2D eigenvalue weighted by atomic mass is 32.1. The first kappa shape index (κ1) is 22.3. The van der Waals surface area contributed by atoms with E-state index in [4.69, 9.17) is 17.0 Å². The molecule has 1 aliphatic heterocycles. The molecule has 1 aliphatic rings. The van der Waals surface area contributed by atoms with Gasteiger partial charge in [-0.2, -0.15) is 5.10 Å². The van der Waals surface area contributed by atoms with E-state index in [0.29, 0.717) is 17.9 Å². The molecule has 4 heterocycles. The highest BCUT2D eigenvalue weighted by Gasteiger charge is 2.11. The Labute approximate surface area is 192 Å². The van der Waals surface area contributed by atoms with Crippen molar-refractivity contribution in [2.24, 2.45) is 0 Å². The van der Waals surface area contributed by atoms with Crippen molar-refractivity contribution in [1.29, 1.82) is 0 Å². The summed E-state index contributed by atoms with van der Waals surface area (Å²) in [5.74, 6) is 0.456. The summed E-state index contributed by atoms with van der Waals surface area (Å²) < 4.78 is 7.35. The summed E-state index contributed by atoms with van der Waals surface area (Å²) in [5, 5.41) is 9.97. The number of urea groups is 1. The molecule has 0 spiro atoms. The standard InChI is InChI=1S/C22H27N7O2S/c1-2-18(32)14-24-22(30)27-21-4-3-19-20(26-21)11-16(12-23-19)17-13-25-29(15-17)6-5-28-7-9-31-10-8-28/h3-4,11-13,15H,2,5-10,14H2,1H3,(H2,24,26,27,30). The number of thiocarbonyl (C=S) groups is 1. The second-order valence-corrected chi connectivity index (χ2v) is 8.18. The van der Waals surface area contributed by atoms with E-state index in [1.165, 1.54) is 0 Å². The summed E-state index contributed by atoms with van der Waals surface area (Å²) in [6, 6.07) is 5.19. The zero-order chi connectivity index (χ0) is 22.3. The smallest absolute Gasteiger partial charge is 0.320 e. The van der Waals surface area contributed by atoms with Crippen LogP contribution in [0.1, 0.15) is 13.3 Å². The number of fused-ring (bicyclic) bond motifs is 1. The lowest BCUT2D eigenvalue weighted by Crippen LogP contribution is -2.38. The van der Waals surface area contributed by atoms with E-state index < -0.39 is 0 Å². The number of hydrogen-bond acceptors (Lipinski definition) is 7. The first-order chi connectivity index (χ1) is 15.6. The van der Waals surface area contributed by atoms with Crippen LogP contribution in [0.2, 0.25) is 0 Å². The number of nitrogens with zero attached hydrogens (tertiary/aromatic N) is 5. The van der Waals surface area contributed by atoms with Crippen LogP contribution in [0.3, 0.4) is 0 Å². The van der Waals surface area contributed by atoms with Crippen LogP contribution in [-0.2, 0) is 11.3 Å². The monoisotopic (exact) mass is 453 g/mol. The minimum absolute atomic E-state index is 0.335. The van der Waals surface area contributed by atoms with E-state index in [1.54, 1.807) is 6.07 Å². The Morgan fingerprint density at radius 3 is 2.81 bits per heavy atom. The van der Waals surface area contributed by atoms with Crippen molar-refractivity contribution in [3.05, 3.63) is 36.8 Å². The molecule has 2 N–H and O–H groups in total. The van der Waals surface area contributed by atoms with Gasteiger partial charge in [0.25, 0.3) is 0 Å². The molecular formula is C22H27N7O2S. The van der Waals surface area contributed by atoms with Gasteiger partial charge in [-0.1, -0.05) is 19.1 Å². The first-order valence-electron chi connectivity index (χ1n) is 10.8. The summed E-state index contributed by atoms with van der Waals surface area (Å²) in [7, 11) is 0. The topological polar surface area (TPSA) is 97.2 Å². The highest BCUT2D eigenvalue weighted by molar-refractivity contribution is 7.80. The maximum Gasteiger partial charge on any atom is 0.320 e. The zero-order valence-electron chi connectivity index (χ0n) is 18.1. The Morgan fingerprint density at radius 1 is 1.16 bits per heavy atom. The van der Waals surface area contributed by atoms with Crippen molar-refractivity contribution >= 4 is 40.0 Å². The number of rotatable bonds is 8. The van der Waals surface area contributed by atoms with Gasteiger partial charge in [-0.3, -0.25) is 19.9 Å². The Hall–Kier alpha value is -2.95. The summed E-state index contributed by atoms with van der Waals surface area (Å²) in [5.41, 5.74) is 3.36. The molecular weight excluding hydrogens is 426 g/mol. The average molecular weight is 454 g/mol. The molecule has 0 bridgehead atoms. The maximum absolute atomic E-state index is 12.1. The molecule has 0 aliphatic carbocycles. The van der Waals surface area contributed by atoms with Crippen molar-refractivity contribution in [1.82, 2.24) is 30.0 Å². The summed E-state index contributed by atoms with van der Waals surface area (Å²) >= 11 is 5.13. The van der Waals surface area contributed by atoms with Gasteiger partial charge in [0, 0.05) is 48.0 Å². The Morgan fingerprint density at radius 2 is 2.00 bits per heavy atom. The normalized spacial score (nSPS) is 14.4. The minimum atomic E-state index is -0.335. The van der Waals surface area contributed by atoms with Gasteiger partial charge < -0.3 is 10.1 Å². The second-order valence-electron chi connectivity index (χ2n) is 7.60. The van der Waals surface area contributed by atoms with Crippen LogP contribution < -0.4 is 10.6 Å². The van der Waals surface area contributed by atoms with Crippen molar-refractivity contribution in [2.45, 2.75) is 19.9 Å². The third-order valence-electron chi connectivity index (χ3n) is 5.34. The number of anilines is 1. The number of carbonyl (C=O) groups excluding carboxylic acids is 1. The van der Waals surface area contributed by atoms with Gasteiger partial charge in [-0.15, -0.1) is 0 Å². The molecule has 0 saturated carbocycles. The molecule has 10 heteroatoms. The number of amides is 2. The van der Waals surface area contributed by atoms with E-state index in [1.807, 2.05) is 42.3 Å². The van der Waals surface area contributed by atoms with Crippen molar-refractivity contribution in [3.8, 4) is 11.1 Å². The van der Waals surface area contributed by atoms with Gasteiger partial charge in [0.1, 0.15) is 5.82 Å². The van der Waals surface area contributed by atoms with Gasteiger partial charge in [0.05, 0.1) is 43.5 Å². The SMILES string of the molecule is CCC(=S)CNC(=O)Nc1ccc2ncc(-c3cnn(CCN4CCOCC4)c3)cc2n1. The fourth-order valence-electron chi connectivity index (χ4n) is 3.40. The average Bonchev–Trinajstić information content (AvgIpc) is 3.30. The summed E-state index contributed by atoms with van der Waals surface area (Å²) in [6.07, 6.45) is 6.44. The van der Waals surface area contributed by atoms with E-state index in [-0.39, 0.29) is 6.03 Å². The molecule has 2 amide bonds. The lowest BCUT2D eigenvalue weighted by atomic mass is 10.1. The van der Waals surface area contributed by atoms with Crippen LogP contribution in [0.5, 0.6) is 0 Å². The molecule has 0 radical (unpaired) electrons. The van der Waals surface area contributed by atoms with Crippen LogP contribution in [0.4, 0.5) is 10.6 Å². The lowest BCUT2D eigenvalue weighted by molar-refractivity contribution is 0.0360. The van der Waals surface area contributed by atoms with E-state index in [0.717, 1.165) is 67.3 Å². The number of pyridine rings is 2. The maximum atomic E-state index is 12.1. The molecule has 3 aromatic heterocycles. The molecule has 0 unspecified atom stereocenters. The van der Waals surface area contributed by atoms with Gasteiger partial charge in [0.15, 0.2) is 0 Å². The second kappa shape index (κ2) is 10.6. The van der Waals surface area contributed by atoms with E-state index >= 15 is 0 Å². The quantitative estimate of drug-likeness (QED) is 0.506. The van der Waals surface area contributed by atoms with Gasteiger partial charge in [-0.25, -0.2) is 9.78 Å². The number of carbonyl (C=O) groups is 1. The summed E-state index contributed by atoms with van der Waals surface area (Å²) in [4.78, 5) is 24.3. The highest BCUT2D eigenvalue weighted by Crippen LogP contribution is 2.22.